The van der Waals surface area contributed by atoms with Crippen molar-refractivity contribution in [2.75, 3.05) is 5.32 Å². The number of nitrogens with two attached hydrogens (primary N) is 1. The highest BCUT2D eigenvalue weighted by Gasteiger charge is 2.43. The van der Waals surface area contributed by atoms with E-state index in [1.807, 2.05) is 0 Å². The Morgan fingerprint density at radius 3 is 2.50 bits per heavy atom. The molecule has 0 saturated carbocycles. The fourth-order valence-electron chi connectivity index (χ4n) is 1.28. The number of carbonyl (C=O) groups is 2. The van der Waals surface area contributed by atoms with Crippen LogP contribution in [0.3, 0.4) is 0 Å². The normalized spacial score (nSPS) is 15.1. The third kappa shape index (κ3) is 2.30. The molecule has 1 aliphatic rings. The van der Waals surface area contributed by atoms with Crippen LogP contribution in [0.5, 0.6) is 11.5 Å². The first-order valence-electron chi connectivity index (χ1n) is 4.63. The minimum absolute atomic E-state index is 0.0867. The number of hydrogen-bond donors (Lipinski definition) is 3. The fraction of sp³-hybridized carbons (Fsp3) is 0.111. The van der Waals surface area contributed by atoms with E-state index in [1.165, 1.54) is 12.1 Å². The van der Waals surface area contributed by atoms with Gasteiger partial charge in [-0.05, 0) is 12.1 Å². The third-order valence-corrected chi connectivity index (χ3v) is 2.00. The first-order chi connectivity index (χ1) is 8.41. The number of halogens is 2. The predicted molar refractivity (Wildman–Crippen MR) is 53.6 cm³/mol. The number of ether oxygens (including phenoxy) is 2. The molecule has 0 aliphatic carbocycles. The van der Waals surface area contributed by atoms with E-state index in [2.05, 4.69) is 14.8 Å². The number of anilines is 1. The number of alkyl halides is 2. The first-order valence-corrected chi connectivity index (χ1v) is 4.63. The summed E-state index contributed by atoms with van der Waals surface area (Å²) >= 11 is 0. The number of hydrogen-bond acceptors (Lipinski definition) is 5. The summed E-state index contributed by atoms with van der Waals surface area (Å²) in [6.45, 7) is 0. The molecule has 1 heterocycles. The molecular weight excluding hydrogens is 252 g/mol. The summed E-state index contributed by atoms with van der Waals surface area (Å²) in [4.78, 5) is 22.0. The van der Waals surface area contributed by atoms with Gasteiger partial charge in [0.1, 0.15) is 0 Å². The average Bonchev–Trinajstić information content (AvgIpc) is 2.61. The van der Waals surface area contributed by atoms with Gasteiger partial charge in [0.05, 0.1) is 0 Å². The lowest BCUT2D eigenvalue weighted by Gasteiger charge is -2.05. The molecule has 0 unspecified atom stereocenters. The fourth-order valence-corrected chi connectivity index (χ4v) is 1.28. The maximum Gasteiger partial charge on any atom is 0.586 e. The zero-order chi connectivity index (χ0) is 13.3. The predicted octanol–water partition coefficient (Wildman–Crippen LogP) is -0.0635. The van der Waals surface area contributed by atoms with Crippen LogP contribution >= 0.6 is 0 Å². The van der Waals surface area contributed by atoms with Gasteiger partial charge >= 0.3 is 18.1 Å². The van der Waals surface area contributed by atoms with Crippen LogP contribution in [0.2, 0.25) is 0 Å². The van der Waals surface area contributed by atoms with E-state index >= 15 is 0 Å². The van der Waals surface area contributed by atoms with Gasteiger partial charge < -0.3 is 14.8 Å². The Hall–Kier alpha value is -2.42. The Kier molecular flexibility index (Phi) is 2.75. The van der Waals surface area contributed by atoms with E-state index in [9.17, 15) is 18.4 Å². The van der Waals surface area contributed by atoms with Crippen molar-refractivity contribution in [2.24, 2.45) is 5.84 Å². The topological polar surface area (TPSA) is 103 Å². The molecule has 9 heteroatoms. The molecule has 0 radical (unpaired) electrons. The molecule has 7 nitrogen and oxygen atoms in total. The van der Waals surface area contributed by atoms with Crippen LogP contribution in [-0.4, -0.2) is 18.1 Å². The van der Waals surface area contributed by atoms with E-state index < -0.39 is 18.1 Å². The zero-order valence-electron chi connectivity index (χ0n) is 8.70. The summed E-state index contributed by atoms with van der Waals surface area (Å²) < 4.78 is 33.7. The first kappa shape index (κ1) is 12.0. The molecule has 1 aliphatic heterocycles. The summed E-state index contributed by atoms with van der Waals surface area (Å²) in [5.41, 5.74) is 1.71. The van der Waals surface area contributed by atoms with Gasteiger partial charge in [0.2, 0.25) is 0 Å². The SMILES string of the molecule is NNC(=O)C(=O)Nc1ccc2c(c1)OC(F)(F)O2. The molecule has 2 rings (SSSR count). The van der Waals surface area contributed by atoms with Crippen molar-refractivity contribution >= 4 is 17.5 Å². The van der Waals surface area contributed by atoms with Crippen LogP contribution in [0.25, 0.3) is 0 Å². The molecule has 0 atom stereocenters. The highest BCUT2D eigenvalue weighted by molar-refractivity contribution is 6.39. The van der Waals surface area contributed by atoms with Crippen molar-refractivity contribution < 1.29 is 27.8 Å². The summed E-state index contributed by atoms with van der Waals surface area (Å²) in [5, 5.41) is 2.14. The largest absolute Gasteiger partial charge is 0.586 e. The summed E-state index contributed by atoms with van der Waals surface area (Å²) in [7, 11) is 0. The van der Waals surface area contributed by atoms with Gasteiger partial charge in [-0.1, -0.05) is 0 Å². The maximum absolute atomic E-state index is 12.7. The van der Waals surface area contributed by atoms with E-state index in [1.54, 1.807) is 5.43 Å². The Labute approximate surface area is 98.8 Å². The van der Waals surface area contributed by atoms with E-state index in [-0.39, 0.29) is 17.2 Å². The molecule has 0 spiro atoms. The number of carbonyl (C=O) groups excluding carboxylic acids is 2. The molecule has 18 heavy (non-hydrogen) atoms. The molecule has 96 valence electrons. The molecule has 2 amide bonds. The standard InChI is InChI=1S/C9H7F2N3O4/c10-9(11)17-5-2-1-4(3-6(5)18-9)13-7(15)8(16)14-12/h1-3H,12H2,(H,13,15)(H,14,16). The van der Waals surface area contributed by atoms with Crippen LogP contribution in [-0.2, 0) is 9.59 Å². The number of rotatable bonds is 1. The van der Waals surface area contributed by atoms with Gasteiger partial charge in [-0.15, -0.1) is 8.78 Å². The van der Waals surface area contributed by atoms with Crippen LogP contribution < -0.4 is 26.1 Å². The molecule has 0 saturated heterocycles. The second kappa shape index (κ2) is 4.11. The van der Waals surface area contributed by atoms with Gasteiger partial charge in [-0.25, -0.2) is 5.84 Å². The van der Waals surface area contributed by atoms with Crippen LogP contribution in [0.1, 0.15) is 0 Å². The summed E-state index contributed by atoms with van der Waals surface area (Å²) in [5.74, 6) is 2.23. The molecule has 1 aromatic rings. The van der Waals surface area contributed by atoms with E-state index in [0.717, 1.165) is 6.07 Å². The minimum Gasteiger partial charge on any atom is -0.395 e. The number of nitrogens with one attached hydrogen (secondary N) is 2. The quantitative estimate of drug-likeness (QED) is 0.284. The van der Waals surface area contributed by atoms with Gasteiger partial charge in [0.15, 0.2) is 11.5 Å². The second-order valence-electron chi connectivity index (χ2n) is 3.26. The number of hydrazine groups is 1. The highest BCUT2D eigenvalue weighted by Crippen LogP contribution is 2.42. The smallest absolute Gasteiger partial charge is 0.395 e. The number of fused-ring (bicyclic) bond motifs is 1. The summed E-state index contributed by atoms with van der Waals surface area (Å²) in [6.07, 6.45) is -3.74. The molecule has 4 N–H and O–H groups in total. The van der Waals surface area contributed by atoms with Crippen LogP contribution in [0.15, 0.2) is 18.2 Å². The Morgan fingerprint density at radius 1 is 1.17 bits per heavy atom. The van der Waals surface area contributed by atoms with Gasteiger partial charge in [0.25, 0.3) is 0 Å². The van der Waals surface area contributed by atoms with Gasteiger partial charge in [0, 0.05) is 11.8 Å². The van der Waals surface area contributed by atoms with Gasteiger partial charge in [-0.2, -0.15) is 0 Å². The number of amides is 2. The molecular formula is C9H7F2N3O4. The Morgan fingerprint density at radius 2 is 1.83 bits per heavy atom. The van der Waals surface area contributed by atoms with Crippen molar-refractivity contribution in [3.8, 4) is 11.5 Å². The second-order valence-corrected chi connectivity index (χ2v) is 3.26. The van der Waals surface area contributed by atoms with Crippen molar-refractivity contribution in [1.82, 2.24) is 5.43 Å². The molecule has 0 bridgehead atoms. The van der Waals surface area contributed by atoms with E-state index in [4.69, 9.17) is 5.84 Å². The zero-order valence-corrected chi connectivity index (χ0v) is 8.70. The lowest BCUT2D eigenvalue weighted by Crippen LogP contribution is -2.39. The lowest BCUT2D eigenvalue weighted by molar-refractivity contribution is -0.286. The van der Waals surface area contributed by atoms with Crippen molar-refractivity contribution in [3.63, 3.8) is 0 Å². The third-order valence-electron chi connectivity index (χ3n) is 2.00. The Bertz CT molecular complexity index is 521. The van der Waals surface area contributed by atoms with E-state index in [0.29, 0.717) is 0 Å². The molecule has 0 fully saturated rings. The maximum atomic E-state index is 12.7. The monoisotopic (exact) mass is 259 g/mol. The van der Waals surface area contributed by atoms with Crippen LogP contribution in [0, 0.1) is 0 Å². The van der Waals surface area contributed by atoms with Crippen molar-refractivity contribution in [3.05, 3.63) is 18.2 Å². The minimum atomic E-state index is -3.74. The highest BCUT2D eigenvalue weighted by atomic mass is 19.3. The summed E-state index contributed by atoms with van der Waals surface area (Å²) in [6, 6.07) is 3.54. The van der Waals surface area contributed by atoms with Crippen molar-refractivity contribution in [2.45, 2.75) is 6.29 Å². The van der Waals surface area contributed by atoms with Gasteiger partial charge in [-0.3, -0.25) is 15.0 Å². The molecule has 0 aromatic heterocycles. The molecule has 1 aromatic carbocycles. The van der Waals surface area contributed by atoms with Crippen molar-refractivity contribution in [1.29, 1.82) is 0 Å². The Balaban J connectivity index is 2.14. The lowest BCUT2D eigenvalue weighted by atomic mass is 10.3. The number of benzene rings is 1. The average molecular weight is 259 g/mol. The van der Waals surface area contributed by atoms with Crippen LogP contribution in [0.4, 0.5) is 14.5 Å².